The van der Waals surface area contributed by atoms with Gasteiger partial charge in [0.15, 0.2) is 0 Å². The number of hydrogen-bond acceptors (Lipinski definition) is 4. The molecule has 126 valence electrons. The van der Waals surface area contributed by atoms with Gasteiger partial charge in [-0.2, -0.15) is 0 Å². The third-order valence-corrected chi connectivity index (χ3v) is 4.72. The van der Waals surface area contributed by atoms with E-state index in [1.54, 1.807) is 12.3 Å². The number of nitrogens with one attached hydrogen (secondary N) is 1. The number of benzene rings is 1. The molecule has 0 saturated heterocycles. The minimum atomic E-state index is -0.589. The van der Waals surface area contributed by atoms with Gasteiger partial charge in [-0.25, -0.2) is 4.79 Å². The fourth-order valence-electron chi connectivity index (χ4n) is 3.38. The van der Waals surface area contributed by atoms with Crippen LogP contribution in [0.5, 0.6) is 0 Å². The summed E-state index contributed by atoms with van der Waals surface area (Å²) >= 11 is 0. The molecular weight excluding hydrogens is 304 g/mol. The Hall–Kier alpha value is -2.43. The van der Waals surface area contributed by atoms with Crippen LogP contribution in [0.2, 0.25) is 0 Å². The summed E-state index contributed by atoms with van der Waals surface area (Å²) in [6.07, 6.45) is 6.79. The fourth-order valence-corrected chi connectivity index (χ4v) is 3.38. The van der Waals surface area contributed by atoms with E-state index in [1.807, 2.05) is 24.3 Å². The van der Waals surface area contributed by atoms with E-state index in [-0.39, 0.29) is 17.8 Å². The lowest BCUT2D eigenvalue weighted by atomic mass is 9.83. The van der Waals surface area contributed by atoms with Gasteiger partial charge in [0.1, 0.15) is 6.04 Å². The Morgan fingerprint density at radius 2 is 1.96 bits per heavy atom. The molecule has 0 aliphatic heterocycles. The predicted molar refractivity (Wildman–Crippen MR) is 91.6 cm³/mol. The van der Waals surface area contributed by atoms with Crippen LogP contribution in [0.25, 0.3) is 10.9 Å². The molecule has 2 aromatic rings. The summed E-state index contributed by atoms with van der Waals surface area (Å²) in [5, 5.41) is 3.77. The molecule has 1 atom stereocenters. The van der Waals surface area contributed by atoms with E-state index in [9.17, 15) is 9.59 Å². The summed E-state index contributed by atoms with van der Waals surface area (Å²) < 4.78 is 4.90. The van der Waals surface area contributed by atoms with Crippen molar-refractivity contribution < 1.29 is 14.3 Å². The van der Waals surface area contributed by atoms with Crippen LogP contribution in [-0.4, -0.2) is 30.0 Å². The topological polar surface area (TPSA) is 68.3 Å². The van der Waals surface area contributed by atoms with Gasteiger partial charge in [0.05, 0.1) is 18.2 Å². The van der Waals surface area contributed by atoms with Gasteiger partial charge in [0, 0.05) is 11.6 Å². The molecule has 1 aromatic heterocycles. The number of carbonyl (C=O) groups is 2. The largest absolute Gasteiger partial charge is 0.467 e. The highest BCUT2D eigenvalue weighted by molar-refractivity contribution is 5.99. The van der Waals surface area contributed by atoms with E-state index < -0.39 is 6.04 Å². The molecule has 1 aliphatic rings. The van der Waals surface area contributed by atoms with Gasteiger partial charge in [-0.15, -0.1) is 0 Å². The lowest BCUT2D eigenvalue weighted by Gasteiger charge is -2.29. The van der Waals surface area contributed by atoms with Crippen LogP contribution in [0.1, 0.15) is 42.5 Å². The third-order valence-electron chi connectivity index (χ3n) is 4.72. The van der Waals surface area contributed by atoms with Crippen molar-refractivity contribution in [3.05, 3.63) is 42.1 Å². The first kappa shape index (κ1) is 16.4. The summed E-state index contributed by atoms with van der Waals surface area (Å²) in [5.74, 6) is -0.512. The van der Waals surface area contributed by atoms with E-state index >= 15 is 0 Å². The van der Waals surface area contributed by atoms with Crippen LogP contribution in [-0.2, 0) is 9.53 Å². The minimum absolute atomic E-state index is 0.142. The van der Waals surface area contributed by atoms with E-state index in [4.69, 9.17) is 4.74 Å². The van der Waals surface area contributed by atoms with E-state index in [2.05, 4.69) is 10.3 Å². The summed E-state index contributed by atoms with van der Waals surface area (Å²) in [4.78, 5) is 29.1. The van der Waals surface area contributed by atoms with Gasteiger partial charge < -0.3 is 10.1 Å². The molecule has 5 heteroatoms. The molecule has 1 amide bonds. The van der Waals surface area contributed by atoms with Crippen molar-refractivity contribution in [1.82, 2.24) is 10.3 Å². The number of para-hydroxylation sites is 1. The molecule has 5 nitrogen and oxygen atoms in total. The Bertz CT molecular complexity index is 738. The van der Waals surface area contributed by atoms with Gasteiger partial charge in [-0.3, -0.25) is 9.78 Å². The average Bonchev–Trinajstić information content (AvgIpc) is 2.65. The highest BCUT2D eigenvalue weighted by Gasteiger charge is 2.32. The highest BCUT2D eigenvalue weighted by atomic mass is 16.5. The number of esters is 1. The van der Waals surface area contributed by atoms with Crippen LogP contribution in [0.3, 0.4) is 0 Å². The highest BCUT2D eigenvalue weighted by Crippen LogP contribution is 2.27. The molecule has 3 rings (SSSR count). The summed E-state index contributed by atoms with van der Waals surface area (Å²) in [7, 11) is 1.36. The van der Waals surface area contributed by atoms with Crippen LogP contribution in [0, 0.1) is 5.92 Å². The van der Waals surface area contributed by atoms with E-state index in [0.717, 1.165) is 36.6 Å². The summed E-state index contributed by atoms with van der Waals surface area (Å²) in [6.45, 7) is 0. The van der Waals surface area contributed by atoms with E-state index in [1.165, 1.54) is 13.5 Å². The molecule has 1 fully saturated rings. The second kappa shape index (κ2) is 7.43. The smallest absolute Gasteiger partial charge is 0.328 e. The van der Waals surface area contributed by atoms with Crippen molar-refractivity contribution in [1.29, 1.82) is 0 Å². The number of carbonyl (C=O) groups excluding carboxylic acids is 2. The van der Waals surface area contributed by atoms with Crippen molar-refractivity contribution in [3.63, 3.8) is 0 Å². The first-order valence-corrected chi connectivity index (χ1v) is 8.42. The number of ether oxygens (including phenoxy) is 1. The quantitative estimate of drug-likeness (QED) is 0.877. The Kier molecular flexibility index (Phi) is 5.08. The number of methoxy groups -OCH3 is 1. The van der Waals surface area contributed by atoms with Crippen LogP contribution in [0.4, 0.5) is 0 Å². The van der Waals surface area contributed by atoms with Crippen LogP contribution in [0.15, 0.2) is 36.5 Å². The Labute approximate surface area is 141 Å². The lowest BCUT2D eigenvalue weighted by Crippen LogP contribution is -2.47. The van der Waals surface area contributed by atoms with Crippen molar-refractivity contribution >= 4 is 22.8 Å². The molecule has 1 aliphatic carbocycles. The van der Waals surface area contributed by atoms with Crippen LogP contribution < -0.4 is 5.32 Å². The number of pyridine rings is 1. The molecule has 0 spiro atoms. The Balaban J connectivity index is 1.79. The maximum Gasteiger partial charge on any atom is 0.328 e. The molecule has 24 heavy (non-hydrogen) atoms. The fraction of sp³-hybridized carbons (Fsp3) is 0.421. The number of nitrogens with zero attached hydrogens (tertiary/aromatic N) is 1. The zero-order valence-electron chi connectivity index (χ0n) is 13.8. The second-order valence-electron chi connectivity index (χ2n) is 6.29. The molecule has 1 heterocycles. The van der Waals surface area contributed by atoms with Crippen molar-refractivity contribution in [3.8, 4) is 0 Å². The van der Waals surface area contributed by atoms with Gasteiger partial charge >= 0.3 is 5.97 Å². The van der Waals surface area contributed by atoms with Crippen LogP contribution >= 0.6 is 0 Å². The predicted octanol–water partition coefficient (Wildman–Crippen LogP) is 3.09. The number of fused-ring (bicyclic) bond motifs is 1. The Morgan fingerprint density at radius 3 is 2.71 bits per heavy atom. The number of hydrogen-bond donors (Lipinski definition) is 1. The van der Waals surface area contributed by atoms with Gasteiger partial charge in [-0.1, -0.05) is 37.5 Å². The molecule has 1 N–H and O–H groups in total. The van der Waals surface area contributed by atoms with E-state index in [0.29, 0.717) is 5.56 Å². The standard InChI is InChI=1S/C19H22N2O3/c1-24-19(23)17(13-7-3-2-4-8-13)21-18(22)15-11-14-9-5-6-10-16(14)20-12-15/h5-6,9-13,17H,2-4,7-8H2,1H3,(H,21,22)/t17-/m1/s1. The van der Waals surface area contributed by atoms with Crippen molar-refractivity contribution in [2.24, 2.45) is 5.92 Å². The van der Waals surface area contributed by atoms with Gasteiger partial charge in [0.2, 0.25) is 0 Å². The average molecular weight is 326 g/mol. The monoisotopic (exact) mass is 326 g/mol. The zero-order chi connectivity index (χ0) is 16.9. The summed E-state index contributed by atoms with van der Waals surface area (Å²) in [5.41, 5.74) is 1.30. The zero-order valence-corrected chi connectivity index (χ0v) is 13.8. The normalized spacial score (nSPS) is 16.5. The SMILES string of the molecule is COC(=O)[C@H](NC(=O)c1cnc2ccccc2c1)C1CCCCC1. The van der Waals surface area contributed by atoms with Crippen molar-refractivity contribution in [2.45, 2.75) is 38.1 Å². The van der Waals surface area contributed by atoms with Gasteiger partial charge in [0.25, 0.3) is 5.91 Å². The number of aromatic nitrogens is 1. The molecule has 1 saturated carbocycles. The second-order valence-corrected chi connectivity index (χ2v) is 6.29. The third kappa shape index (κ3) is 3.55. The Morgan fingerprint density at radius 1 is 1.21 bits per heavy atom. The first-order valence-electron chi connectivity index (χ1n) is 8.42. The number of amides is 1. The number of rotatable bonds is 4. The van der Waals surface area contributed by atoms with Gasteiger partial charge in [-0.05, 0) is 30.9 Å². The maximum atomic E-state index is 12.6. The van der Waals surface area contributed by atoms with Crippen molar-refractivity contribution in [2.75, 3.05) is 7.11 Å². The minimum Gasteiger partial charge on any atom is -0.467 e. The first-order chi connectivity index (χ1) is 11.7. The summed E-state index contributed by atoms with van der Waals surface area (Å²) in [6, 6.07) is 8.84. The molecule has 1 aromatic carbocycles. The molecule has 0 unspecified atom stereocenters. The molecule has 0 radical (unpaired) electrons. The molecular formula is C19H22N2O3. The maximum absolute atomic E-state index is 12.6. The lowest BCUT2D eigenvalue weighted by molar-refractivity contribution is -0.144. The molecule has 0 bridgehead atoms.